The average molecular weight is 282 g/mol. The second-order valence-corrected chi connectivity index (χ2v) is 6.56. The maximum atomic E-state index is 12.0. The van der Waals surface area contributed by atoms with Crippen LogP contribution in [0.5, 0.6) is 0 Å². The first-order valence-corrected chi connectivity index (χ1v) is 8.25. The Labute approximate surface area is 123 Å². The lowest BCUT2D eigenvalue weighted by Gasteiger charge is -2.29. The van der Waals surface area contributed by atoms with Gasteiger partial charge >= 0.3 is 0 Å². The van der Waals surface area contributed by atoms with E-state index in [1.807, 2.05) is 0 Å². The maximum Gasteiger partial charge on any atom is 0.220 e. The number of amides is 1. The van der Waals surface area contributed by atoms with E-state index in [9.17, 15) is 4.79 Å². The number of rotatable bonds is 7. The van der Waals surface area contributed by atoms with Crippen LogP contribution in [-0.2, 0) is 9.53 Å². The lowest BCUT2D eigenvalue weighted by Crippen LogP contribution is -2.53. The minimum absolute atomic E-state index is 0.0325. The Kier molecular flexibility index (Phi) is 6.30. The molecular weight excluding hydrogens is 252 g/mol. The molecule has 1 saturated carbocycles. The number of hydrogen-bond donors (Lipinski definition) is 2. The summed E-state index contributed by atoms with van der Waals surface area (Å²) in [4.78, 5) is 12.0. The largest absolute Gasteiger partial charge is 0.383 e. The zero-order valence-corrected chi connectivity index (χ0v) is 12.9. The molecule has 2 N–H and O–H groups in total. The fourth-order valence-corrected chi connectivity index (χ4v) is 3.64. The molecule has 1 unspecified atom stereocenters. The quantitative estimate of drug-likeness (QED) is 0.753. The van der Waals surface area contributed by atoms with Crippen molar-refractivity contribution in [2.75, 3.05) is 26.8 Å². The molecule has 20 heavy (non-hydrogen) atoms. The van der Waals surface area contributed by atoms with Crippen LogP contribution in [0.2, 0.25) is 0 Å². The highest BCUT2D eigenvalue weighted by Gasteiger charge is 2.33. The Bertz CT molecular complexity index is 295. The van der Waals surface area contributed by atoms with Gasteiger partial charge < -0.3 is 15.4 Å². The van der Waals surface area contributed by atoms with Gasteiger partial charge in [0, 0.05) is 20.1 Å². The summed E-state index contributed by atoms with van der Waals surface area (Å²) in [6.07, 6.45) is 10.7. The predicted molar refractivity (Wildman–Crippen MR) is 80.7 cm³/mol. The molecule has 0 aromatic rings. The smallest absolute Gasteiger partial charge is 0.220 e. The Morgan fingerprint density at radius 3 is 2.75 bits per heavy atom. The minimum atomic E-state index is -0.0325. The molecule has 1 heterocycles. The van der Waals surface area contributed by atoms with Crippen LogP contribution in [0.4, 0.5) is 0 Å². The molecule has 4 nitrogen and oxygen atoms in total. The number of methoxy groups -OCH3 is 1. The highest BCUT2D eigenvalue weighted by molar-refractivity contribution is 5.75. The molecule has 4 heteroatoms. The first-order chi connectivity index (χ1) is 9.74. The summed E-state index contributed by atoms with van der Waals surface area (Å²) in [6, 6.07) is 0. The van der Waals surface area contributed by atoms with Gasteiger partial charge in [-0.2, -0.15) is 0 Å². The summed E-state index contributed by atoms with van der Waals surface area (Å²) < 4.78 is 5.30. The third-order valence-electron chi connectivity index (χ3n) is 4.88. The van der Waals surface area contributed by atoms with E-state index in [0.29, 0.717) is 19.6 Å². The Morgan fingerprint density at radius 1 is 1.30 bits per heavy atom. The molecule has 2 rings (SSSR count). The molecule has 0 aromatic carbocycles. The molecule has 0 spiro atoms. The van der Waals surface area contributed by atoms with E-state index < -0.39 is 0 Å². The second kappa shape index (κ2) is 7.99. The van der Waals surface area contributed by atoms with Crippen molar-refractivity contribution in [3.63, 3.8) is 0 Å². The molecule has 116 valence electrons. The molecule has 1 aliphatic carbocycles. The van der Waals surface area contributed by atoms with E-state index in [4.69, 9.17) is 4.74 Å². The van der Waals surface area contributed by atoms with Crippen LogP contribution in [-0.4, -0.2) is 38.3 Å². The SMILES string of the molecule is COCC1(CNC(=O)CCC2CCCCC2)CCCN1. The first-order valence-electron chi connectivity index (χ1n) is 8.25. The van der Waals surface area contributed by atoms with Crippen molar-refractivity contribution in [2.45, 2.75) is 63.3 Å². The molecule has 1 atom stereocenters. The van der Waals surface area contributed by atoms with Gasteiger partial charge in [-0.05, 0) is 31.7 Å². The zero-order chi connectivity index (χ0) is 14.3. The molecule has 2 aliphatic rings. The van der Waals surface area contributed by atoms with Crippen LogP contribution in [0, 0.1) is 5.92 Å². The van der Waals surface area contributed by atoms with E-state index in [1.54, 1.807) is 7.11 Å². The van der Waals surface area contributed by atoms with Crippen LogP contribution in [0.25, 0.3) is 0 Å². The summed E-state index contributed by atoms with van der Waals surface area (Å²) in [5, 5.41) is 6.60. The maximum absolute atomic E-state index is 12.0. The molecular formula is C16H30N2O2. The van der Waals surface area contributed by atoms with Crippen molar-refractivity contribution in [3.05, 3.63) is 0 Å². The van der Waals surface area contributed by atoms with Crippen LogP contribution in [0.1, 0.15) is 57.8 Å². The van der Waals surface area contributed by atoms with Gasteiger partial charge in [0.25, 0.3) is 0 Å². The van der Waals surface area contributed by atoms with Gasteiger partial charge in [0.15, 0.2) is 0 Å². The number of hydrogen-bond acceptors (Lipinski definition) is 3. The summed E-state index contributed by atoms with van der Waals surface area (Å²) in [5.74, 6) is 0.992. The Hall–Kier alpha value is -0.610. The number of nitrogens with one attached hydrogen (secondary N) is 2. The Balaban J connectivity index is 1.65. The number of carbonyl (C=O) groups excluding carboxylic acids is 1. The fraction of sp³-hybridized carbons (Fsp3) is 0.938. The van der Waals surface area contributed by atoms with E-state index in [2.05, 4.69) is 10.6 Å². The summed E-state index contributed by atoms with van der Waals surface area (Å²) >= 11 is 0. The topological polar surface area (TPSA) is 50.4 Å². The molecule has 0 radical (unpaired) electrons. The van der Waals surface area contributed by atoms with E-state index in [1.165, 1.54) is 38.5 Å². The third-order valence-corrected chi connectivity index (χ3v) is 4.88. The van der Waals surface area contributed by atoms with Crippen molar-refractivity contribution >= 4 is 5.91 Å². The van der Waals surface area contributed by atoms with Gasteiger partial charge in [0.1, 0.15) is 0 Å². The normalized spacial score (nSPS) is 27.6. The van der Waals surface area contributed by atoms with E-state index in [-0.39, 0.29) is 11.4 Å². The molecule has 0 aromatic heterocycles. The van der Waals surface area contributed by atoms with Gasteiger partial charge in [0.2, 0.25) is 5.91 Å². The van der Waals surface area contributed by atoms with Gasteiger partial charge in [-0.25, -0.2) is 0 Å². The van der Waals surface area contributed by atoms with Crippen molar-refractivity contribution < 1.29 is 9.53 Å². The highest BCUT2D eigenvalue weighted by Crippen LogP contribution is 2.27. The highest BCUT2D eigenvalue weighted by atomic mass is 16.5. The van der Waals surface area contributed by atoms with Crippen LogP contribution < -0.4 is 10.6 Å². The number of carbonyl (C=O) groups is 1. The fourth-order valence-electron chi connectivity index (χ4n) is 3.64. The monoisotopic (exact) mass is 282 g/mol. The second-order valence-electron chi connectivity index (χ2n) is 6.56. The predicted octanol–water partition coefficient (Wildman–Crippen LogP) is 2.23. The molecule has 1 aliphatic heterocycles. The van der Waals surface area contributed by atoms with Crippen molar-refractivity contribution in [2.24, 2.45) is 5.92 Å². The lowest BCUT2D eigenvalue weighted by molar-refractivity contribution is -0.121. The van der Waals surface area contributed by atoms with E-state index >= 15 is 0 Å². The average Bonchev–Trinajstić information content (AvgIpc) is 2.93. The molecule has 1 saturated heterocycles. The first kappa shape index (κ1) is 15.8. The van der Waals surface area contributed by atoms with Gasteiger partial charge in [-0.3, -0.25) is 4.79 Å². The van der Waals surface area contributed by atoms with Crippen LogP contribution >= 0.6 is 0 Å². The number of ether oxygens (including phenoxy) is 1. The lowest BCUT2D eigenvalue weighted by atomic mass is 9.86. The molecule has 0 bridgehead atoms. The summed E-state index contributed by atoms with van der Waals surface area (Å²) in [5.41, 5.74) is -0.0325. The van der Waals surface area contributed by atoms with Gasteiger partial charge in [-0.1, -0.05) is 32.1 Å². The minimum Gasteiger partial charge on any atom is -0.383 e. The summed E-state index contributed by atoms with van der Waals surface area (Å²) in [7, 11) is 1.73. The van der Waals surface area contributed by atoms with Crippen LogP contribution in [0.3, 0.4) is 0 Å². The van der Waals surface area contributed by atoms with E-state index in [0.717, 1.165) is 25.3 Å². The summed E-state index contributed by atoms with van der Waals surface area (Å²) in [6.45, 7) is 2.40. The van der Waals surface area contributed by atoms with Gasteiger partial charge in [-0.15, -0.1) is 0 Å². The van der Waals surface area contributed by atoms with Crippen LogP contribution in [0.15, 0.2) is 0 Å². The Morgan fingerprint density at radius 2 is 2.10 bits per heavy atom. The van der Waals surface area contributed by atoms with Crippen molar-refractivity contribution in [1.29, 1.82) is 0 Å². The zero-order valence-electron chi connectivity index (χ0n) is 12.9. The van der Waals surface area contributed by atoms with Crippen molar-refractivity contribution in [1.82, 2.24) is 10.6 Å². The van der Waals surface area contributed by atoms with Gasteiger partial charge in [0.05, 0.1) is 12.1 Å². The standard InChI is InChI=1S/C16H30N2O2/c1-20-13-16(10-5-11-18-16)12-17-15(19)9-8-14-6-3-2-4-7-14/h14,18H,2-13H2,1H3,(H,17,19). The van der Waals surface area contributed by atoms with Crippen molar-refractivity contribution in [3.8, 4) is 0 Å². The molecule has 1 amide bonds. The molecule has 2 fully saturated rings. The third kappa shape index (κ3) is 4.74.